The number of hydrogen-bond acceptors (Lipinski definition) is 5. The fourth-order valence-electron chi connectivity index (χ4n) is 2.37. The number of aryl methyl sites for hydroxylation is 2. The number of halogens is 1. The van der Waals surface area contributed by atoms with Gasteiger partial charge < -0.3 is 0 Å². The van der Waals surface area contributed by atoms with Crippen molar-refractivity contribution in [2.24, 2.45) is 0 Å². The third-order valence-corrected chi connectivity index (χ3v) is 6.20. The van der Waals surface area contributed by atoms with Gasteiger partial charge in [-0.25, -0.2) is 4.68 Å². The first kappa shape index (κ1) is 14.0. The van der Waals surface area contributed by atoms with E-state index in [1.54, 1.807) is 17.5 Å². The van der Waals surface area contributed by atoms with Crippen molar-refractivity contribution in [2.45, 2.75) is 13.0 Å². The molecular weight excluding hydrogens is 382 g/mol. The lowest BCUT2D eigenvalue weighted by molar-refractivity contribution is 0.580. The van der Waals surface area contributed by atoms with Crippen LogP contribution in [0.1, 0.15) is 5.69 Å². The van der Waals surface area contributed by atoms with Crippen LogP contribution in [-0.2, 0) is 13.0 Å². The zero-order chi connectivity index (χ0) is 15.1. The molecule has 4 rings (SSSR count). The third kappa shape index (κ3) is 2.39. The lowest BCUT2D eigenvalue weighted by Gasteiger charge is -2.04. The molecule has 0 saturated heterocycles. The van der Waals surface area contributed by atoms with Crippen molar-refractivity contribution in [3.8, 4) is 0 Å². The molecule has 0 unspecified atom stereocenters. The molecule has 7 heteroatoms. The minimum absolute atomic E-state index is 0.0535. The molecule has 0 fully saturated rings. The molecule has 4 aromatic heterocycles. The molecule has 0 aromatic carbocycles. The summed E-state index contributed by atoms with van der Waals surface area (Å²) in [7, 11) is 0. The van der Waals surface area contributed by atoms with Crippen molar-refractivity contribution in [3.05, 3.63) is 55.7 Å². The predicted octanol–water partition coefficient (Wildman–Crippen LogP) is 4.07. The highest BCUT2D eigenvalue weighted by Crippen LogP contribution is 2.26. The van der Waals surface area contributed by atoms with Gasteiger partial charge >= 0.3 is 0 Å². The van der Waals surface area contributed by atoms with Crippen molar-refractivity contribution in [1.29, 1.82) is 0 Å². The van der Waals surface area contributed by atoms with Crippen molar-refractivity contribution >= 4 is 58.9 Å². The third-order valence-electron chi connectivity index (χ3n) is 3.48. The Bertz CT molecular complexity index is 1030. The summed E-state index contributed by atoms with van der Waals surface area (Å²) in [6, 6.07) is 6.11. The van der Waals surface area contributed by atoms with E-state index in [0.717, 1.165) is 20.4 Å². The maximum atomic E-state index is 12.5. The van der Waals surface area contributed by atoms with E-state index < -0.39 is 0 Å². The molecule has 4 nitrogen and oxygen atoms in total. The van der Waals surface area contributed by atoms with E-state index in [4.69, 9.17) is 0 Å². The van der Waals surface area contributed by atoms with Gasteiger partial charge in [-0.05, 0) is 39.5 Å². The van der Waals surface area contributed by atoms with Crippen LogP contribution in [0.3, 0.4) is 0 Å². The Labute approximate surface area is 142 Å². The topological polar surface area (TPSA) is 47.8 Å². The van der Waals surface area contributed by atoms with E-state index in [1.165, 1.54) is 20.7 Å². The Balaban J connectivity index is 1.64. The average molecular weight is 392 g/mol. The summed E-state index contributed by atoms with van der Waals surface area (Å²) in [6.45, 7) is 0.527. The molecule has 0 aliphatic heterocycles. The number of aromatic nitrogens is 3. The first-order valence-electron chi connectivity index (χ1n) is 6.68. The molecule has 0 saturated carbocycles. The first-order chi connectivity index (χ1) is 10.7. The monoisotopic (exact) mass is 391 g/mol. The van der Waals surface area contributed by atoms with Gasteiger partial charge in [0.05, 0.1) is 33.0 Å². The first-order valence-corrected chi connectivity index (χ1v) is 9.23. The normalized spacial score (nSPS) is 11.5. The molecule has 0 spiro atoms. The van der Waals surface area contributed by atoms with Crippen LogP contribution in [0.15, 0.2) is 44.4 Å². The van der Waals surface area contributed by atoms with Crippen LogP contribution in [0.4, 0.5) is 0 Å². The molecule has 110 valence electrons. The van der Waals surface area contributed by atoms with Crippen LogP contribution in [0.25, 0.3) is 20.3 Å². The Morgan fingerprint density at radius 1 is 1.18 bits per heavy atom. The molecule has 22 heavy (non-hydrogen) atoms. The number of fused-ring (bicyclic) bond motifs is 2. The second kappa shape index (κ2) is 5.57. The SMILES string of the molecule is O=c1c2c(Br)csc2cnn1CCc1ccc2sccc2n1. The highest BCUT2D eigenvalue weighted by Gasteiger charge is 2.10. The molecule has 0 N–H and O–H groups in total. The van der Waals surface area contributed by atoms with Crippen molar-refractivity contribution in [2.75, 3.05) is 0 Å². The van der Waals surface area contributed by atoms with E-state index in [9.17, 15) is 4.79 Å². The van der Waals surface area contributed by atoms with E-state index in [1.807, 2.05) is 22.9 Å². The largest absolute Gasteiger partial charge is 0.276 e. The van der Waals surface area contributed by atoms with Gasteiger partial charge in [0.25, 0.3) is 5.56 Å². The zero-order valence-corrected chi connectivity index (χ0v) is 14.5. The number of rotatable bonds is 3. The van der Waals surface area contributed by atoms with Crippen LogP contribution >= 0.6 is 38.6 Å². The minimum Gasteiger partial charge on any atom is -0.267 e. The number of pyridine rings is 1. The van der Waals surface area contributed by atoms with Gasteiger partial charge in [0.15, 0.2) is 0 Å². The lowest BCUT2D eigenvalue weighted by Crippen LogP contribution is -2.23. The summed E-state index contributed by atoms with van der Waals surface area (Å²) in [5.74, 6) is 0. The summed E-state index contributed by atoms with van der Waals surface area (Å²) in [4.78, 5) is 17.1. The molecule has 4 heterocycles. The van der Waals surface area contributed by atoms with E-state index >= 15 is 0 Å². The van der Waals surface area contributed by atoms with Crippen LogP contribution in [-0.4, -0.2) is 14.8 Å². The van der Waals surface area contributed by atoms with Crippen LogP contribution < -0.4 is 5.56 Å². The second-order valence-corrected chi connectivity index (χ2v) is 7.57. The molecule has 0 aliphatic rings. The molecule has 0 bridgehead atoms. The lowest BCUT2D eigenvalue weighted by atomic mass is 10.2. The standard InChI is InChI=1S/C15H10BrN3OS2/c16-10-8-22-13-7-17-19(15(20)14(10)13)5-3-9-1-2-12-11(18-9)4-6-21-12/h1-2,4,6-8H,3,5H2. The smallest absolute Gasteiger partial charge is 0.267 e. The van der Waals surface area contributed by atoms with Gasteiger partial charge in [-0.1, -0.05) is 0 Å². The summed E-state index contributed by atoms with van der Waals surface area (Å²) in [6.07, 6.45) is 2.44. The number of hydrogen-bond donors (Lipinski definition) is 0. The van der Waals surface area contributed by atoms with Crippen LogP contribution in [0.2, 0.25) is 0 Å². The molecule has 4 aromatic rings. The fraction of sp³-hybridized carbons (Fsp3) is 0.133. The van der Waals surface area contributed by atoms with E-state index in [2.05, 4.69) is 32.1 Å². The quantitative estimate of drug-likeness (QED) is 0.528. The molecule has 0 aliphatic carbocycles. The second-order valence-electron chi connectivity index (χ2n) is 4.85. The molecule has 0 atom stereocenters. The Kier molecular flexibility index (Phi) is 3.56. The van der Waals surface area contributed by atoms with Gasteiger partial charge in [0.2, 0.25) is 0 Å². The predicted molar refractivity (Wildman–Crippen MR) is 94.9 cm³/mol. The fourth-order valence-corrected chi connectivity index (χ4v) is 4.66. The van der Waals surface area contributed by atoms with Gasteiger partial charge in [0.1, 0.15) is 0 Å². The van der Waals surface area contributed by atoms with Crippen LogP contribution in [0.5, 0.6) is 0 Å². The van der Waals surface area contributed by atoms with E-state index in [0.29, 0.717) is 18.4 Å². The molecule has 0 amide bonds. The minimum atomic E-state index is -0.0535. The van der Waals surface area contributed by atoms with Gasteiger partial charge in [-0.3, -0.25) is 9.78 Å². The van der Waals surface area contributed by atoms with Crippen molar-refractivity contribution in [1.82, 2.24) is 14.8 Å². The van der Waals surface area contributed by atoms with Crippen LogP contribution in [0, 0.1) is 0 Å². The maximum Gasteiger partial charge on any atom is 0.276 e. The summed E-state index contributed by atoms with van der Waals surface area (Å²) in [5.41, 5.74) is 1.94. The Hall–Kier alpha value is -1.57. The van der Waals surface area contributed by atoms with Crippen molar-refractivity contribution in [3.63, 3.8) is 0 Å². The Morgan fingerprint density at radius 2 is 2.09 bits per heavy atom. The molecule has 0 radical (unpaired) electrons. The summed E-state index contributed by atoms with van der Waals surface area (Å²) >= 11 is 6.63. The average Bonchev–Trinajstić information content (AvgIpc) is 3.13. The maximum absolute atomic E-state index is 12.5. The summed E-state index contributed by atoms with van der Waals surface area (Å²) < 4.78 is 4.44. The van der Waals surface area contributed by atoms with Crippen molar-refractivity contribution < 1.29 is 0 Å². The van der Waals surface area contributed by atoms with Gasteiger partial charge in [0, 0.05) is 22.0 Å². The highest BCUT2D eigenvalue weighted by molar-refractivity contribution is 9.10. The van der Waals surface area contributed by atoms with Gasteiger partial charge in [-0.15, -0.1) is 22.7 Å². The number of thiophene rings is 2. The molecular formula is C15H10BrN3OS2. The zero-order valence-electron chi connectivity index (χ0n) is 11.3. The van der Waals surface area contributed by atoms with Gasteiger partial charge in [-0.2, -0.15) is 5.10 Å². The summed E-state index contributed by atoms with van der Waals surface area (Å²) in [5, 5.41) is 8.92. The highest BCUT2D eigenvalue weighted by atomic mass is 79.9. The Morgan fingerprint density at radius 3 is 3.00 bits per heavy atom. The van der Waals surface area contributed by atoms with E-state index in [-0.39, 0.29) is 5.56 Å². The number of nitrogens with zero attached hydrogens (tertiary/aromatic N) is 3.